The smallest absolute Gasteiger partial charge is 0.153 e. The van der Waals surface area contributed by atoms with Gasteiger partial charge in [0, 0.05) is 23.7 Å². The third-order valence-electron chi connectivity index (χ3n) is 5.01. The number of aromatic nitrogens is 5. The van der Waals surface area contributed by atoms with E-state index in [1.807, 2.05) is 6.92 Å². The summed E-state index contributed by atoms with van der Waals surface area (Å²) in [6.07, 6.45) is 6.82. The molecule has 3 heterocycles. The van der Waals surface area contributed by atoms with Gasteiger partial charge in [0.15, 0.2) is 5.82 Å². The molecule has 0 spiro atoms. The lowest BCUT2D eigenvalue weighted by atomic mass is 9.96. The predicted octanol–water partition coefficient (Wildman–Crippen LogP) is 3.33. The van der Waals surface area contributed by atoms with E-state index in [1.54, 1.807) is 0 Å². The van der Waals surface area contributed by atoms with E-state index in [9.17, 15) is 0 Å². The Balaban J connectivity index is 1.67. The Morgan fingerprint density at radius 1 is 1.08 bits per heavy atom. The average molecular weight is 326 g/mol. The van der Waals surface area contributed by atoms with Crippen LogP contribution in [-0.2, 0) is 19.4 Å². The van der Waals surface area contributed by atoms with Gasteiger partial charge in [-0.05, 0) is 45.4 Å². The molecule has 2 aromatic heterocycles. The van der Waals surface area contributed by atoms with Gasteiger partial charge in [0.25, 0.3) is 0 Å². The number of rotatable bonds is 3. The van der Waals surface area contributed by atoms with E-state index < -0.39 is 0 Å². The molecule has 4 rings (SSSR count). The lowest BCUT2D eigenvalue weighted by Gasteiger charge is -2.26. The summed E-state index contributed by atoms with van der Waals surface area (Å²) in [7, 11) is 0. The SMILES string of the molecule is Cc1nc2c(c(NC3CCCn4nc(C(C)C)nc43)n1)CCCC2. The molecule has 1 N–H and O–H groups in total. The monoisotopic (exact) mass is 326 g/mol. The highest BCUT2D eigenvalue weighted by atomic mass is 15.4. The topological polar surface area (TPSA) is 68.5 Å². The van der Waals surface area contributed by atoms with Crippen molar-refractivity contribution in [3.63, 3.8) is 0 Å². The first-order valence-electron chi connectivity index (χ1n) is 9.19. The number of fused-ring (bicyclic) bond motifs is 2. The van der Waals surface area contributed by atoms with Gasteiger partial charge in [-0.25, -0.2) is 19.6 Å². The minimum Gasteiger partial charge on any atom is -0.360 e. The van der Waals surface area contributed by atoms with Crippen molar-refractivity contribution in [2.75, 3.05) is 5.32 Å². The fourth-order valence-corrected chi connectivity index (χ4v) is 3.75. The van der Waals surface area contributed by atoms with Crippen LogP contribution in [0.4, 0.5) is 5.82 Å². The van der Waals surface area contributed by atoms with Crippen molar-refractivity contribution < 1.29 is 0 Å². The molecule has 1 atom stereocenters. The molecule has 128 valence electrons. The Hall–Kier alpha value is -1.98. The quantitative estimate of drug-likeness (QED) is 0.937. The maximum atomic E-state index is 4.81. The van der Waals surface area contributed by atoms with E-state index in [1.165, 1.54) is 24.1 Å². The highest BCUT2D eigenvalue weighted by Crippen LogP contribution is 2.31. The zero-order chi connectivity index (χ0) is 16.7. The lowest BCUT2D eigenvalue weighted by Crippen LogP contribution is -2.24. The van der Waals surface area contributed by atoms with Crippen LogP contribution in [0.1, 0.15) is 80.2 Å². The van der Waals surface area contributed by atoms with Crippen LogP contribution in [-0.4, -0.2) is 24.7 Å². The second-order valence-electron chi connectivity index (χ2n) is 7.30. The number of anilines is 1. The Kier molecular flexibility index (Phi) is 3.98. The van der Waals surface area contributed by atoms with Crippen LogP contribution in [0.15, 0.2) is 0 Å². The molecule has 0 bridgehead atoms. The molecular formula is C18H26N6. The van der Waals surface area contributed by atoms with Crippen molar-refractivity contribution in [3.05, 3.63) is 28.7 Å². The van der Waals surface area contributed by atoms with Crippen LogP contribution in [0.3, 0.4) is 0 Å². The van der Waals surface area contributed by atoms with Gasteiger partial charge in [0.2, 0.25) is 0 Å². The normalized spacial score (nSPS) is 19.9. The van der Waals surface area contributed by atoms with Crippen LogP contribution in [0.5, 0.6) is 0 Å². The van der Waals surface area contributed by atoms with Crippen LogP contribution >= 0.6 is 0 Å². The average Bonchev–Trinajstić information content (AvgIpc) is 3.00. The Morgan fingerprint density at radius 2 is 1.92 bits per heavy atom. The van der Waals surface area contributed by atoms with Gasteiger partial charge in [-0.15, -0.1) is 0 Å². The molecule has 24 heavy (non-hydrogen) atoms. The van der Waals surface area contributed by atoms with E-state index in [2.05, 4.69) is 33.9 Å². The number of nitrogens with one attached hydrogen (secondary N) is 1. The van der Waals surface area contributed by atoms with Gasteiger partial charge < -0.3 is 5.32 Å². The molecule has 1 aliphatic heterocycles. The molecule has 0 amide bonds. The van der Waals surface area contributed by atoms with Crippen molar-refractivity contribution in [1.82, 2.24) is 24.7 Å². The second kappa shape index (κ2) is 6.15. The van der Waals surface area contributed by atoms with E-state index in [4.69, 9.17) is 9.97 Å². The number of hydrogen-bond donors (Lipinski definition) is 1. The third-order valence-corrected chi connectivity index (χ3v) is 5.01. The molecule has 1 aliphatic carbocycles. The number of nitrogens with zero attached hydrogens (tertiary/aromatic N) is 5. The van der Waals surface area contributed by atoms with Gasteiger partial charge in [-0.2, -0.15) is 5.10 Å². The molecule has 0 fully saturated rings. The first-order valence-corrected chi connectivity index (χ1v) is 9.19. The Labute approximate surface area is 143 Å². The van der Waals surface area contributed by atoms with Gasteiger partial charge in [-0.3, -0.25) is 0 Å². The largest absolute Gasteiger partial charge is 0.360 e. The molecule has 2 aromatic rings. The first kappa shape index (κ1) is 15.5. The first-order chi connectivity index (χ1) is 11.6. The minimum atomic E-state index is 0.194. The third kappa shape index (κ3) is 2.78. The highest BCUT2D eigenvalue weighted by Gasteiger charge is 2.27. The summed E-state index contributed by atoms with van der Waals surface area (Å²) in [6.45, 7) is 7.25. The van der Waals surface area contributed by atoms with Crippen LogP contribution < -0.4 is 5.32 Å². The summed E-state index contributed by atoms with van der Waals surface area (Å²) in [6, 6.07) is 0.194. The Bertz CT molecular complexity index is 748. The summed E-state index contributed by atoms with van der Waals surface area (Å²) in [5, 5.41) is 8.36. The maximum absolute atomic E-state index is 4.81. The summed E-state index contributed by atoms with van der Waals surface area (Å²) >= 11 is 0. The fourth-order valence-electron chi connectivity index (χ4n) is 3.75. The van der Waals surface area contributed by atoms with Crippen molar-refractivity contribution >= 4 is 5.82 Å². The van der Waals surface area contributed by atoms with Gasteiger partial charge in [0.1, 0.15) is 17.5 Å². The number of hydrogen-bond acceptors (Lipinski definition) is 5. The minimum absolute atomic E-state index is 0.194. The molecule has 6 heteroatoms. The van der Waals surface area contributed by atoms with Crippen molar-refractivity contribution in [2.24, 2.45) is 0 Å². The van der Waals surface area contributed by atoms with E-state index >= 15 is 0 Å². The lowest BCUT2D eigenvalue weighted by molar-refractivity contribution is 0.435. The van der Waals surface area contributed by atoms with Crippen LogP contribution in [0, 0.1) is 6.92 Å². The molecule has 0 aromatic carbocycles. The zero-order valence-electron chi connectivity index (χ0n) is 14.8. The van der Waals surface area contributed by atoms with E-state index in [0.717, 1.165) is 55.5 Å². The van der Waals surface area contributed by atoms with Gasteiger partial charge >= 0.3 is 0 Å². The van der Waals surface area contributed by atoms with E-state index in [-0.39, 0.29) is 6.04 Å². The van der Waals surface area contributed by atoms with Crippen molar-refractivity contribution in [3.8, 4) is 0 Å². The van der Waals surface area contributed by atoms with Gasteiger partial charge in [0.05, 0.1) is 6.04 Å². The van der Waals surface area contributed by atoms with Crippen molar-refractivity contribution in [1.29, 1.82) is 0 Å². The number of aryl methyl sites for hydroxylation is 3. The standard InChI is InChI=1S/C18H26N6/c1-11(2)16-22-18-15(9-6-10-24(18)23-16)21-17-13-7-4-5-8-14(13)19-12(3)20-17/h11,15H,4-10H2,1-3H3,(H,19,20,21). The summed E-state index contributed by atoms with van der Waals surface area (Å²) in [5.74, 6) is 4.24. The van der Waals surface area contributed by atoms with E-state index in [0.29, 0.717) is 5.92 Å². The van der Waals surface area contributed by atoms with Crippen LogP contribution in [0.2, 0.25) is 0 Å². The molecule has 0 saturated heterocycles. The Morgan fingerprint density at radius 3 is 2.75 bits per heavy atom. The molecule has 2 aliphatic rings. The van der Waals surface area contributed by atoms with Crippen molar-refractivity contribution in [2.45, 2.75) is 77.8 Å². The fraction of sp³-hybridized carbons (Fsp3) is 0.667. The molecule has 0 saturated carbocycles. The summed E-state index contributed by atoms with van der Waals surface area (Å²) < 4.78 is 2.08. The predicted molar refractivity (Wildman–Crippen MR) is 93.1 cm³/mol. The molecule has 6 nitrogen and oxygen atoms in total. The maximum Gasteiger partial charge on any atom is 0.153 e. The molecule has 1 unspecified atom stereocenters. The summed E-state index contributed by atoms with van der Waals surface area (Å²) in [5.41, 5.74) is 2.55. The highest BCUT2D eigenvalue weighted by molar-refractivity contribution is 5.49. The van der Waals surface area contributed by atoms with Gasteiger partial charge in [-0.1, -0.05) is 13.8 Å². The second-order valence-corrected chi connectivity index (χ2v) is 7.30. The molecular weight excluding hydrogens is 300 g/mol. The zero-order valence-corrected chi connectivity index (χ0v) is 14.8. The molecule has 0 radical (unpaired) electrons. The summed E-state index contributed by atoms with van der Waals surface area (Å²) in [4.78, 5) is 14.2. The van der Waals surface area contributed by atoms with Crippen LogP contribution in [0.25, 0.3) is 0 Å².